The van der Waals surface area contributed by atoms with Crippen LogP contribution in [0.3, 0.4) is 0 Å². The summed E-state index contributed by atoms with van der Waals surface area (Å²) in [6, 6.07) is 20.9. The molecule has 6 nitrogen and oxygen atoms in total. The smallest absolute Gasteiger partial charge is 0.272 e. The van der Waals surface area contributed by atoms with Gasteiger partial charge in [0.1, 0.15) is 17.2 Å². The van der Waals surface area contributed by atoms with Gasteiger partial charge >= 0.3 is 0 Å². The van der Waals surface area contributed by atoms with E-state index in [1.54, 1.807) is 37.6 Å². The summed E-state index contributed by atoms with van der Waals surface area (Å²) in [6.45, 7) is 0. The molecule has 0 radical (unpaired) electrons. The maximum atomic E-state index is 14.8. The summed E-state index contributed by atoms with van der Waals surface area (Å²) in [4.78, 5) is 17.1. The molecule has 0 spiro atoms. The number of aromatic nitrogens is 2. The Kier molecular flexibility index (Phi) is 5.14. The highest BCUT2D eigenvalue weighted by atomic mass is 19.1. The van der Waals surface area contributed by atoms with Crippen molar-refractivity contribution < 1.29 is 18.7 Å². The van der Waals surface area contributed by atoms with Crippen LogP contribution in [0.25, 0.3) is 21.8 Å². The van der Waals surface area contributed by atoms with Crippen LogP contribution in [0.5, 0.6) is 17.2 Å². The molecule has 0 saturated heterocycles. The number of nitrogens with zero attached hydrogens (tertiary/aromatic N) is 2. The second kappa shape index (κ2) is 8.27. The molecule has 2 aromatic heterocycles. The Morgan fingerprint density at radius 2 is 1.85 bits per heavy atom. The average molecular weight is 441 g/mol. The minimum absolute atomic E-state index is 0.0425. The lowest BCUT2D eigenvalue weighted by Gasteiger charge is -2.12. The predicted molar refractivity (Wildman–Crippen MR) is 126 cm³/mol. The Labute approximate surface area is 189 Å². The van der Waals surface area contributed by atoms with E-state index in [1.165, 1.54) is 12.1 Å². The Morgan fingerprint density at radius 1 is 1.00 bits per heavy atom. The van der Waals surface area contributed by atoms with Crippen LogP contribution in [-0.2, 0) is 7.05 Å². The van der Waals surface area contributed by atoms with Crippen molar-refractivity contribution in [1.82, 2.24) is 9.55 Å². The number of nitrogens with one attached hydrogen (secondary N) is 1. The van der Waals surface area contributed by atoms with Crippen molar-refractivity contribution in [3.05, 3.63) is 90.5 Å². The zero-order valence-corrected chi connectivity index (χ0v) is 18.0. The first-order valence-electron chi connectivity index (χ1n) is 10.3. The van der Waals surface area contributed by atoms with Crippen molar-refractivity contribution in [2.75, 3.05) is 12.4 Å². The highest BCUT2D eigenvalue weighted by Gasteiger charge is 2.15. The van der Waals surface area contributed by atoms with Crippen LogP contribution >= 0.6 is 0 Å². The summed E-state index contributed by atoms with van der Waals surface area (Å²) in [6.07, 6.45) is 1.59. The molecule has 0 bridgehead atoms. The predicted octanol–water partition coefficient (Wildman–Crippen LogP) is 5.92. The number of aryl methyl sites for hydroxylation is 1. The van der Waals surface area contributed by atoms with Crippen LogP contribution in [0.2, 0.25) is 0 Å². The van der Waals surface area contributed by atoms with Gasteiger partial charge in [0.05, 0.1) is 12.6 Å². The van der Waals surface area contributed by atoms with Crippen molar-refractivity contribution in [3.63, 3.8) is 0 Å². The number of fused-ring (bicyclic) bond motifs is 2. The molecule has 1 N–H and O–H groups in total. The maximum Gasteiger partial charge on any atom is 0.272 e. The average Bonchev–Trinajstić information content (AvgIpc) is 3.17. The van der Waals surface area contributed by atoms with Crippen molar-refractivity contribution >= 4 is 33.4 Å². The van der Waals surface area contributed by atoms with Gasteiger partial charge in [0.25, 0.3) is 5.91 Å². The van der Waals surface area contributed by atoms with E-state index in [0.29, 0.717) is 28.4 Å². The van der Waals surface area contributed by atoms with Gasteiger partial charge in [-0.1, -0.05) is 18.2 Å². The summed E-state index contributed by atoms with van der Waals surface area (Å²) in [5.41, 5.74) is 2.43. The van der Waals surface area contributed by atoms with Gasteiger partial charge in [-0.25, -0.2) is 4.39 Å². The van der Waals surface area contributed by atoms with E-state index in [4.69, 9.17) is 9.47 Å². The van der Waals surface area contributed by atoms with E-state index in [-0.39, 0.29) is 11.7 Å². The number of anilines is 1. The molecule has 0 aliphatic carbocycles. The number of halogens is 1. The standard InChI is InChI=1S/C26H20FN3O3/c1-30-22-6-4-3-5-16(22)13-23(30)26(31)29-17-7-10-25(20(27)14-17)33-24-11-12-28-21-15-18(32-2)8-9-19(21)24/h3-15H,1-2H3,(H,29,31). The molecule has 0 atom stereocenters. The van der Waals surface area contributed by atoms with Gasteiger partial charge in [-0.05, 0) is 42.5 Å². The molecule has 164 valence electrons. The van der Waals surface area contributed by atoms with Crippen LogP contribution < -0.4 is 14.8 Å². The fraction of sp³-hybridized carbons (Fsp3) is 0.0769. The van der Waals surface area contributed by atoms with Crippen LogP contribution in [0.4, 0.5) is 10.1 Å². The number of methoxy groups -OCH3 is 1. The van der Waals surface area contributed by atoms with E-state index in [9.17, 15) is 9.18 Å². The number of amides is 1. The Balaban J connectivity index is 1.38. The Morgan fingerprint density at radius 3 is 2.64 bits per heavy atom. The number of pyridine rings is 1. The van der Waals surface area contributed by atoms with Crippen molar-refractivity contribution in [3.8, 4) is 17.2 Å². The Bertz CT molecular complexity index is 1510. The first-order chi connectivity index (χ1) is 16.0. The topological polar surface area (TPSA) is 65.4 Å². The van der Waals surface area contributed by atoms with Crippen molar-refractivity contribution in [2.24, 2.45) is 7.05 Å². The van der Waals surface area contributed by atoms with Gasteiger partial charge in [0, 0.05) is 47.4 Å². The molecular formula is C26H20FN3O3. The second-order valence-electron chi connectivity index (χ2n) is 7.54. The second-order valence-corrected chi connectivity index (χ2v) is 7.54. The van der Waals surface area contributed by atoms with Gasteiger partial charge in [-0.3, -0.25) is 9.78 Å². The van der Waals surface area contributed by atoms with E-state index < -0.39 is 5.82 Å². The van der Waals surface area contributed by atoms with Crippen LogP contribution in [0, 0.1) is 5.82 Å². The lowest BCUT2D eigenvalue weighted by Crippen LogP contribution is -2.15. The maximum absolute atomic E-state index is 14.8. The molecule has 3 aromatic carbocycles. The first-order valence-corrected chi connectivity index (χ1v) is 10.3. The third-order valence-electron chi connectivity index (χ3n) is 5.50. The lowest BCUT2D eigenvalue weighted by atomic mass is 10.2. The van der Waals surface area contributed by atoms with E-state index in [0.717, 1.165) is 16.3 Å². The highest BCUT2D eigenvalue weighted by Crippen LogP contribution is 2.33. The quantitative estimate of drug-likeness (QED) is 0.368. The van der Waals surface area contributed by atoms with Crippen LogP contribution in [-0.4, -0.2) is 22.6 Å². The fourth-order valence-corrected chi connectivity index (χ4v) is 3.80. The van der Waals surface area contributed by atoms with Crippen molar-refractivity contribution in [2.45, 2.75) is 0 Å². The molecule has 0 unspecified atom stereocenters. The molecule has 0 saturated carbocycles. The van der Waals surface area contributed by atoms with Gasteiger partial charge in [-0.15, -0.1) is 0 Å². The lowest BCUT2D eigenvalue weighted by molar-refractivity contribution is 0.101. The van der Waals surface area contributed by atoms with E-state index >= 15 is 0 Å². The largest absolute Gasteiger partial charge is 0.497 e. The van der Waals surface area contributed by atoms with Crippen molar-refractivity contribution in [1.29, 1.82) is 0 Å². The van der Waals surface area contributed by atoms with Gasteiger partial charge < -0.3 is 19.4 Å². The van der Waals surface area contributed by atoms with Gasteiger partial charge in [0.15, 0.2) is 11.6 Å². The van der Waals surface area contributed by atoms with Crippen LogP contribution in [0.15, 0.2) is 79.0 Å². The zero-order chi connectivity index (χ0) is 22.9. The van der Waals surface area contributed by atoms with Gasteiger partial charge in [-0.2, -0.15) is 0 Å². The molecule has 0 aliphatic heterocycles. The summed E-state index contributed by atoms with van der Waals surface area (Å²) in [5.74, 6) is 0.262. The molecule has 5 aromatic rings. The zero-order valence-electron chi connectivity index (χ0n) is 18.0. The summed E-state index contributed by atoms with van der Waals surface area (Å²) < 4.78 is 27.7. The van der Waals surface area contributed by atoms with Crippen LogP contribution in [0.1, 0.15) is 10.5 Å². The summed E-state index contributed by atoms with van der Waals surface area (Å²) in [5, 5.41) is 4.44. The fourth-order valence-electron chi connectivity index (χ4n) is 3.80. The third-order valence-corrected chi connectivity index (χ3v) is 5.50. The number of hydrogen-bond donors (Lipinski definition) is 1. The molecule has 33 heavy (non-hydrogen) atoms. The minimum Gasteiger partial charge on any atom is -0.497 e. The summed E-state index contributed by atoms with van der Waals surface area (Å²) in [7, 11) is 3.40. The normalized spacial score (nSPS) is 11.0. The summed E-state index contributed by atoms with van der Waals surface area (Å²) >= 11 is 0. The number of hydrogen-bond acceptors (Lipinski definition) is 4. The molecular weight excluding hydrogens is 421 g/mol. The SMILES string of the molecule is COc1ccc2c(Oc3ccc(NC(=O)c4cc5ccccc5n4C)cc3F)ccnc2c1. The van der Waals surface area contributed by atoms with Gasteiger partial charge in [0.2, 0.25) is 0 Å². The highest BCUT2D eigenvalue weighted by molar-refractivity contribution is 6.06. The Hall–Kier alpha value is -4.39. The number of carbonyl (C=O) groups excluding carboxylic acids is 1. The minimum atomic E-state index is -0.594. The molecule has 5 rings (SSSR count). The first kappa shape index (κ1) is 20.5. The number of para-hydroxylation sites is 1. The van der Waals surface area contributed by atoms with E-state index in [1.807, 2.05) is 48.0 Å². The third kappa shape index (κ3) is 3.85. The number of ether oxygens (including phenoxy) is 2. The molecule has 0 aliphatic rings. The number of carbonyl (C=O) groups is 1. The number of rotatable bonds is 5. The number of benzene rings is 3. The molecule has 7 heteroatoms. The van der Waals surface area contributed by atoms with E-state index in [2.05, 4.69) is 10.3 Å². The molecule has 2 heterocycles. The molecule has 0 fully saturated rings. The molecule has 1 amide bonds. The monoisotopic (exact) mass is 441 g/mol.